The summed E-state index contributed by atoms with van der Waals surface area (Å²) < 4.78 is 51.1. The van der Waals surface area contributed by atoms with Gasteiger partial charge in [0.05, 0.1) is 5.56 Å². The zero-order valence-corrected chi connectivity index (χ0v) is 10.7. The summed E-state index contributed by atoms with van der Waals surface area (Å²) in [5.74, 6) is -2.09. The summed E-state index contributed by atoms with van der Waals surface area (Å²) in [6.07, 6.45) is -2.53. The van der Waals surface area contributed by atoms with Crippen molar-refractivity contribution in [2.24, 2.45) is 17.6 Å². The molecule has 20 heavy (non-hydrogen) atoms. The first-order valence-corrected chi connectivity index (χ1v) is 6.45. The molecule has 1 saturated carbocycles. The molecule has 0 saturated heterocycles. The minimum absolute atomic E-state index is 0.00175. The maximum atomic E-state index is 13.2. The van der Waals surface area contributed by atoms with Crippen LogP contribution in [0.1, 0.15) is 35.2 Å². The van der Waals surface area contributed by atoms with Gasteiger partial charge in [-0.1, -0.05) is 6.42 Å². The molecule has 6 heteroatoms. The van der Waals surface area contributed by atoms with Gasteiger partial charge in [0.15, 0.2) is 5.78 Å². The van der Waals surface area contributed by atoms with Crippen molar-refractivity contribution in [1.29, 1.82) is 0 Å². The molecule has 2 rings (SSSR count). The summed E-state index contributed by atoms with van der Waals surface area (Å²) in [5.41, 5.74) is 4.08. The second-order valence-corrected chi connectivity index (χ2v) is 5.09. The van der Waals surface area contributed by atoms with Crippen LogP contribution in [0, 0.1) is 17.7 Å². The van der Waals surface area contributed by atoms with E-state index >= 15 is 0 Å². The van der Waals surface area contributed by atoms with Gasteiger partial charge in [0.2, 0.25) is 0 Å². The van der Waals surface area contributed by atoms with Crippen LogP contribution in [0.5, 0.6) is 0 Å². The van der Waals surface area contributed by atoms with Crippen LogP contribution >= 0.6 is 0 Å². The van der Waals surface area contributed by atoms with Crippen molar-refractivity contribution in [1.82, 2.24) is 0 Å². The summed E-state index contributed by atoms with van der Waals surface area (Å²) in [6.45, 7) is 0.337. The van der Waals surface area contributed by atoms with Gasteiger partial charge in [0, 0.05) is 11.5 Å². The minimum atomic E-state index is -4.80. The number of ketones is 1. The highest BCUT2D eigenvalue weighted by Crippen LogP contribution is 2.36. The molecule has 2 nitrogen and oxygen atoms in total. The first-order valence-electron chi connectivity index (χ1n) is 6.45. The number of hydrogen-bond acceptors (Lipinski definition) is 2. The van der Waals surface area contributed by atoms with Gasteiger partial charge in [-0.3, -0.25) is 4.79 Å². The van der Waals surface area contributed by atoms with Crippen LogP contribution in [0.15, 0.2) is 18.2 Å². The molecular formula is C14H15F4NO. The molecule has 0 amide bonds. The third-order valence-electron chi connectivity index (χ3n) is 3.85. The van der Waals surface area contributed by atoms with Gasteiger partial charge in [-0.25, -0.2) is 4.39 Å². The van der Waals surface area contributed by atoms with Gasteiger partial charge >= 0.3 is 6.18 Å². The van der Waals surface area contributed by atoms with Crippen molar-refractivity contribution < 1.29 is 22.4 Å². The third-order valence-corrected chi connectivity index (χ3v) is 3.85. The Morgan fingerprint density at radius 1 is 1.30 bits per heavy atom. The molecule has 1 fully saturated rings. The highest BCUT2D eigenvalue weighted by Gasteiger charge is 2.37. The van der Waals surface area contributed by atoms with E-state index in [2.05, 4.69) is 0 Å². The number of carbonyl (C=O) groups is 1. The molecule has 0 radical (unpaired) electrons. The van der Waals surface area contributed by atoms with Crippen LogP contribution in [0.2, 0.25) is 0 Å². The average Bonchev–Trinajstić information content (AvgIpc) is 2.85. The van der Waals surface area contributed by atoms with Gasteiger partial charge in [-0.05, 0) is 43.5 Å². The highest BCUT2D eigenvalue weighted by atomic mass is 19.4. The summed E-state index contributed by atoms with van der Waals surface area (Å²) >= 11 is 0. The van der Waals surface area contributed by atoms with Crippen molar-refractivity contribution in [3.05, 3.63) is 35.1 Å². The Kier molecular flexibility index (Phi) is 4.13. The number of alkyl halides is 3. The summed E-state index contributed by atoms with van der Waals surface area (Å²) in [6, 6.07) is 2.41. The molecule has 110 valence electrons. The zero-order chi connectivity index (χ0) is 14.9. The number of rotatable bonds is 3. The van der Waals surface area contributed by atoms with E-state index in [1.807, 2.05) is 0 Å². The largest absolute Gasteiger partial charge is 0.419 e. The van der Waals surface area contributed by atoms with E-state index in [9.17, 15) is 22.4 Å². The van der Waals surface area contributed by atoms with Gasteiger partial charge in [0.1, 0.15) is 5.82 Å². The van der Waals surface area contributed by atoms with E-state index < -0.39 is 17.6 Å². The predicted molar refractivity (Wildman–Crippen MR) is 65.6 cm³/mol. The lowest BCUT2D eigenvalue weighted by Crippen LogP contribution is -2.25. The fraction of sp³-hybridized carbons (Fsp3) is 0.500. The minimum Gasteiger partial charge on any atom is -0.330 e. The van der Waals surface area contributed by atoms with Crippen LogP contribution in [-0.2, 0) is 6.18 Å². The van der Waals surface area contributed by atoms with Crippen molar-refractivity contribution in [3.8, 4) is 0 Å². The lowest BCUT2D eigenvalue weighted by atomic mass is 9.88. The monoisotopic (exact) mass is 289 g/mol. The fourth-order valence-electron chi connectivity index (χ4n) is 2.77. The van der Waals surface area contributed by atoms with Crippen LogP contribution < -0.4 is 5.73 Å². The number of benzene rings is 1. The SMILES string of the molecule is NCC1CCCC1C(=O)c1ccc(F)c(C(F)(F)F)c1. The zero-order valence-electron chi connectivity index (χ0n) is 10.7. The third kappa shape index (κ3) is 2.85. The van der Waals surface area contributed by atoms with Crippen molar-refractivity contribution in [2.45, 2.75) is 25.4 Å². The quantitative estimate of drug-likeness (QED) is 0.684. The first-order chi connectivity index (χ1) is 9.34. The second-order valence-electron chi connectivity index (χ2n) is 5.09. The van der Waals surface area contributed by atoms with E-state index in [-0.39, 0.29) is 23.2 Å². The molecule has 2 N–H and O–H groups in total. The molecule has 1 aliphatic rings. The number of halogens is 4. The smallest absolute Gasteiger partial charge is 0.330 e. The molecule has 1 aliphatic carbocycles. The molecule has 0 spiro atoms. The van der Waals surface area contributed by atoms with E-state index in [1.165, 1.54) is 0 Å². The summed E-state index contributed by atoms with van der Waals surface area (Å²) in [7, 11) is 0. The van der Waals surface area contributed by atoms with Crippen molar-refractivity contribution in [2.75, 3.05) is 6.54 Å². The molecular weight excluding hydrogens is 274 g/mol. The molecule has 1 aromatic rings. The lowest BCUT2D eigenvalue weighted by Gasteiger charge is -2.17. The Morgan fingerprint density at radius 3 is 2.60 bits per heavy atom. The molecule has 0 aromatic heterocycles. The van der Waals surface area contributed by atoms with Crippen LogP contribution in [0.3, 0.4) is 0 Å². The van der Waals surface area contributed by atoms with Gasteiger partial charge < -0.3 is 5.73 Å². The molecule has 0 heterocycles. The maximum Gasteiger partial charge on any atom is 0.419 e. The topological polar surface area (TPSA) is 43.1 Å². The fourth-order valence-corrected chi connectivity index (χ4v) is 2.77. The summed E-state index contributed by atoms with van der Waals surface area (Å²) in [4.78, 5) is 12.3. The number of nitrogens with two attached hydrogens (primary N) is 1. The normalized spacial score (nSPS) is 23.1. The molecule has 0 aliphatic heterocycles. The van der Waals surface area contributed by atoms with E-state index in [0.29, 0.717) is 25.1 Å². The summed E-state index contributed by atoms with van der Waals surface area (Å²) in [5, 5.41) is 0. The molecule has 2 atom stereocenters. The highest BCUT2D eigenvalue weighted by molar-refractivity contribution is 5.98. The van der Waals surface area contributed by atoms with E-state index in [0.717, 1.165) is 18.9 Å². The molecule has 1 aromatic carbocycles. The van der Waals surface area contributed by atoms with E-state index in [1.54, 1.807) is 0 Å². The maximum absolute atomic E-state index is 13.2. The standard InChI is InChI=1S/C14H15F4NO/c15-12-5-4-8(6-11(12)14(16,17)18)13(20)10-3-1-2-9(10)7-19/h4-6,9-10H,1-3,7,19H2. The number of carbonyl (C=O) groups excluding carboxylic acids is 1. The van der Waals surface area contributed by atoms with Gasteiger partial charge in [-0.2, -0.15) is 13.2 Å². The molecule has 0 bridgehead atoms. The van der Waals surface area contributed by atoms with Gasteiger partial charge in [-0.15, -0.1) is 0 Å². The lowest BCUT2D eigenvalue weighted by molar-refractivity contribution is -0.140. The van der Waals surface area contributed by atoms with Crippen LogP contribution in [-0.4, -0.2) is 12.3 Å². The Bertz CT molecular complexity index is 512. The molecule has 2 unspecified atom stereocenters. The van der Waals surface area contributed by atoms with Crippen molar-refractivity contribution in [3.63, 3.8) is 0 Å². The Morgan fingerprint density at radius 2 is 2.00 bits per heavy atom. The Labute approximate surface area is 114 Å². The average molecular weight is 289 g/mol. The first kappa shape index (κ1) is 15.0. The van der Waals surface area contributed by atoms with Gasteiger partial charge in [0.25, 0.3) is 0 Å². The van der Waals surface area contributed by atoms with Crippen LogP contribution in [0.4, 0.5) is 17.6 Å². The van der Waals surface area contributed by atoms with E-state index in [4.69, 9.17) is 5.73 Å². The number of Topliss-reactive ketones (excluding diaryl/α,β-unsaturated/α-hetero) is 1. The second kappa shape index (κ2) is 5.52. The number of hydrogen-bond donors (Lipinski definition) is 1. The Hall–Kier alpha value is -1.43. The van der Waals surface area contributed by atoms with Crippen LogP contribution in [0.25, 0.3) is 0 Å². The predicted octanol–water partition coefficient (Wildman–Crippen LogP) is 3.40. The Balaban J connectivity index is 2.31. The van der Waals surface area contributed by atoms with Crippen molar-refractivity contribution >= 4 is 5.78 Å².